The SMILES string of the molecule is CCC(C)C(C(=O)O)c1ccccc1N. The second kappa shape index (κ2) is 4.82. The predicted molar refractivity (Wildman–Crippen MR) is 60.7 cm³/mol. The third-order valence-corrected chi connectivity index (χ3v) is 2.81. The number of rotatable bonds is 4. The summed E-state index contributed by atoms with van der Waals surface area (Å²) in [7, 11) is 0. The van der Waals surface area contributed by atoms with Crippen LogP contribution in [0.5, 0.6) is 0 Å². The van der Waals surface area contributed by atoms with Gasteiger partial charge in [-0.3, -0.25) is 4.79 Å². The molecule has 3 N–H and O–H groups in total. The van der Waals surface area contributed by atoms with E-state index in [0.29, 0.717) is 5.69 Å². The second-order valence-electron chi connectivity index (χ2n) is 3.83. The van der Waals surface area contributed by atoms with E-state index in [1.165, 1.54) is 0 Å². The fourth-order valence-corrected chi connectivity index (χ4v) is 1.71. The summed E-state index contributed by atoms with van der Waals surface area (Å²) in [5, 5.41) is 9.20. The minimum absolute atomic E-state index is 0.0900. The lowest BCUT2D eigenvalue weighted by atomic mass is 9.85. The lowest BCUT2D eigenvalue weighted by Crippen LogP contribution is -2.20. The lowest BCUT2D eigenvalue weighted by molar-refractivity contribution is -0.140. The van der Waals surface area contributed by atoms with Gasteiger partial charge in [0.05, 0.1) is 5.92 Å². The summed E-state index contributed by atoms with van der Waals surface area (Å²) in [6.07, 6.45) is 0.825. The molecule has 0 aliphatic rings. The van der Waals surface area contributed by atoms with Gasteiger partial charge in [-0.05, 0) is 17.5 Å². The molecule has 0 aliphatic carbocycles. The zero-order valence-corrected chi connectivity index (χ0v) is 9.10. The van der Waals surface area contributed by atoms with Crippen LogP contribution in [-0.4, -0.2) is 11.1 Å². The van der Waals surface area contributed by atoms with Crippen molar-refractivity contribution in [2.75, 3.05) is 5.73 Å². The van der Waals surface area contributed by atoms with E-state index < -0.39 is 11.9 Å². The summed E-state index contributed by atoms with van der Waals surface area (Å²) < 4.78 is 0. The van der Waals surface area contributed by atoms with E-state index in [1.807, 2.05) is 26.0 Å². The van der Waals surface area contributed by atoms with Crippen molar-refractivity contribution in [3.8, 4) is 0 Å². The third-order valence-electron chi connectivity index (χ3n) is 2.81. The molecular formula is C12H17NO2. The molecule has 0 saturated heterocycles. The Bertz CT molecular complexity index is 349. The van der Waals surface area contributed by atoms with Crippen LogP contribution in [0.1, 0.15) is 31.7 Å². The van der Waals surface area contributed by atoms with Crippen LogP contribution >= 0.6 is 0 Å². The molecule has 0 saturated carbocycles. The van der Waals surface area contributed by atoms with Gasteiger partial charge in [-0.15, -0.1) is 0 Å². The summed E-state index contributed by atoms with van der Waals surface area (Å²) in [6.45, 7) is 3.92. The molecule has 0 spiro atoms. The fourth-order valence-electron chi connectivity index (χ4n) is 1.71. The second-order valence-corrected chi connectivity index (χ2v) is 3.83. The van der Waals surface area contributed by atoms with Crippen molar-refractivity contribution >= 4 is 11.7 Å². The highest BCUT2D eigenvalue weighted by Gasteiger charge is 2.26. The largest absolute Gasteiger partial charge is 0.481 e. The van der Waals surface area contributed by atoms with Crippen LogP contribution in [0.3, 0.4) is 0 Å². The summed E-state index contributed by atoms with van der Waals surface area (Å²) in [5.41, 5.74) is 7.07. The molecule has 1 aromatic carbocycles. The lowest BCUT2D eigenvalue weighted by Gasteiger charge is -2.20. The zero-order chi connectivity index (χ0) is 11.4. The Hall–Kier alpha value is -1.51. The number of carboxylic acids is 1. The van der Waals surface area contributed by atoms with Crippen LogP contribution in [0.2, 0.25) is 0 Å². The van der Waals surface area contributed by atoms with Crippen molar-refractivity contribution in [1.82, 2.24) is 0 Å². The first-order valence-corrected chi connectivity index (χ1v) is 5.15. The van der Waals surface area contributed by atoms with Crippen molar-refractivity contribution in [2.24, 2.45) is 5.92 Å². The average molecular weight is 207 g/mol. The van der Waals surface area contributed by atoms with E-state index in [2.05, 4.69) is 0 Å². The number of nitrogens with two attached hydrogens (primary N) is 1. The van der Waals surface area contributed by atoms with Gasteiger partial charge in [-0.1, -0.05) is 38.5 Å². The van der Waals surface area contributed by atoms with Gasteiger partial charge in [-0.2, -0.15) is 0 Å². The van der Waals surface area contributed by atoms with Crippen molar-refractivity contribution in [1.29, 1.82) is 0 Å². The van der Waals surface area contributed by atoms with Crippen LogP contribution in [-0.2, 0) is 4.79 Å². The Morgan fingerprint density at radius 1 is 1.47 bits per heavy atom. The summed E-state index contributed by atoms with van der Waals surface area (Å²) >= 11 is 0. The molecule has 0 fully saturated rings. The number of anilines is 1. The molecule has 0 aromatic heterocycles. The van der Waals surface area contributed by atoms with Crippen molar-refractivity contribution < 1.29 is 9.90 Å². The number of carbonyl (C=O) groups is 1. The van der Waals surface area contributed by atoms with Gasteiger partial charge in [0.25, 0.3) is 0 Å². The molecule has 3 nitrogen and oxygen atoms in total. The standard InChI is InChI=1S/C12H17NO2/c1-3-8(2)11(12(14)15)9-6-4-5-7-10(9)13/h4-8,11H,3,13H2,1-2H3,(H,14,15). The topological polar surface area (TPSA) is 63.3 Å². The van der Waals surface area contributed by atoms with Gasteiger partial charge in [0.15, 0.2) is 0 Å². The molecule has 2 unspecified atom stereocenters. The first kappa shape index (κ1) is 11.6. The van der Waals surface area contributed by atoms with E-state index >= 15 is 0 Å². The Balaban J connectivity index is 3.10. The van der Waals surface area contributed by atoms with Crippen LogP contribution in [0.4, 0.5) is 5.69 Å². The molecular weight excluding hydrogens is 190 g/mol. The molecule has 1 aromatic rings. The molecule has 1 rings (SSSR count). The maximum absolute atomic E-state index is 11.2. The van der Waals surface area contributed by atoms with Crippen molar-refractivity contribution in [3.05, 3.63) is 29.8 Å². The normalized spacial score (nSPS) is 14.5. The summed E-state index contributed by atoms with van der Waals surface area (Å²) in [5.74, 6) is -1.22. The molecule has 0 amide bonds. The molecule has 15 heavy (non-hydrogen) atoms. The predicted octanol–water partition coefficient (Wildman–Crippen LogP) is 2.48. The maximum atomic E-state index is 11.2. The minimum atomic E-state index is -0.803. The highest BCUT2D eigenvalue weighted by atomic mass is 16.4. The van der Waals surface area contributed by atoms with Crippen molar-refractivity contribution in [3.63, 3.8) is 0 Å². The molecule has 0 heterocycles. The zero-order valence-electron chi connectivity index (χ0n) is 9.10. The van der Waals surface area contributed by atoms with Crippen LogP contribution in [0.15, 0.2) is 24.3 Å². The number of hydrogen-bond donors (Lipinski definition) is 2. The molecule has 3 heteroatoms. The highest BCUT2D eigenvalue weighted by molar-refractivity contribution is 5.78. The van der Waals surface area contributed by atoms with Gasteiger partial charge in [-0.25, -0.2) is 0 Å². The number of carboxylic acid groups (broad SMARTS) is 1. The fraction of sp³-hybridized carbons (Fsp3) is 0.417. The van der Waals surface area contributed by atoms with Gasteiger partial charge >= 0.3 is 5.97 Å². The van der Waals surface area contributed by atoms with E-state index in [9.17, 15) is 9.90 Å². The maximum Gasteiger partial charge on any atom is 0.311 e. The Morgan fingerprint density at radius 2 is 2.07 bits per heavy atom. The molecule has 0 radical (unpaired) electrons. The van der Waals surface area contributed by atoms with Gasteiger partial charge in [0.2, 0.25) is 0 Å². The quantitative estimate of drug-likeness (QED) is 0.745. The van der Waals surface area contributed by atoms with Crippen LogP contribution in [0.25, 0.3) is 0 Å². The van der Waals surface area contributed by atoms with Crippen molar-refractivity contribution in [2.45, 2.75) is 26.2 Å². The van der Waals surface area contributed by atoms with E-state index in [-0.39, 0.29) is 5.92 Å². The molecule has 0 aliphatic heterocycles. The Kier molecular flexibility index (Phi) is 3.72. The molecule has 0 bridgehead atoms. The number of aliphatic carboxylic acids is 1. The van der Waals surface area contributed by atoms with E-state index in [1.54, 1.807) is 12.1 Å². The van der Waals surface area contributed by atoms with Crippen LogP contribution < -0.4 is 5.73 Å². The van der Waals surface area contributed by atoms with Crippen LogP contribution in [0, 0.1) is 5.92 Å². The van der Waals surface area contributed by atoms with E-state index in [4.69, 9.17) is 5.73 Å². The number of benzene rings is 1. The van der Waals surface area contributed by atoms with E-state index in [0.717, 1.165) is 12.0 Å². The molecule has 82 valence electrons. The minimum Gasteiger partial charge on any atom is -0.481 e. The monoisotopic (exact) mass is 207 g/mol. The average Bonchev–Trinajstić information content (AvgIpc) is 2.20. The highest BCUT2D eigenvalue weighted by Crippen LogP contribution is 2.30. The smallest absolute Gasteiger partial charge is 0.311 e. The summed E-state index contributed by atoms with van der Waals surface area (Å²) in [6, 6.07) is 7.17. The summed E-state index contributed by atoms with van der Waals surface area (Å²) in [4.78, 5) is 11.2. The van der Waals surface area contributed by atoms with Gasteiger partial charge in [0, 0.05) is 5.69 Å². The number of para-hydroxylation sites is 1. The number of hydrogen-bond acceptors (Lipinski definition) is 2. The molecule has 2 atom stereocenters. The third kappa shape index (κ3) is 2.49. The van der Waals surface area contributed by atoms with Gasteiger partial charge in [0.1, 0.15) is 0 Å². The Morgan fingerprint density at radius 3 is 2.53 bits per heavy atom. The Labute approximate surface area is 89.9 Å². The van der Waals surface area contributed by atoms with Gasteiger partial charge < -0.3 is 10.8 Å². The number of nitrogen functional groups attached to an aromatic ring is 1. The first-order chi connectivity index (χ1) is 7.07. The first-order valence-electron chi connectivity index (χ1n) is 5.15.